The van der Waals surface area contributed by atoms with Crippen molar-refractivity contribution in [1.82, 2.24) is 14.8 Å². The summed E-state index contributed by atoms with van der Waals surface area (Å²) in [5, 5.41) is 0. The molecule has 1 aromatic heterocycles. The standard InChI is InChI=1S/2C15H23N.2C12H18.C11H17N.C10H13F/c2*1-11(2)14-9-16(4)10-15(14)13-8-6-5-7-12(13)3;1-10(2)4-7-12-8-5-11(3)6-9-12;1-4-12(10(2)3)11-8-6-5-7-9-11;1-4-10(9(2)3)11-7-5-6-8-12-11;1-8(2)7-9-3-5-10(11)6-4-9/h2*5-8,11,14-15H,9-10H2,1-4H3;5-6,8-10H,4,7H2,1-3H3;5-10,12H,4H2,1-3H3;5-10H,4H2,1-3H3;3-6,8H,7H2,1-2H3. The van der Waals surface area contributed by atoms with Crippen LogP contribution in [0, 0.1) is 73.9 Å². The van der Waals surface area contributed by atoms with E-state index in [9.17, 15) is 4.39 Å². The topological polar surface area (TPSA) is 19.4 Å². The minimum absolute atomic E-state index is 0.155. The van der Waals surface area contributed by atoms with E-state index < -0.39 is 0 Å². The van der Waals surface area contributed by atoms with Gasteiger partial charge in [-0.2, -0.15) is 0 Å². The van der Waals surface area contributed by atoms with Gasteiger partial charge in [0, 0.05) is 55.8 Å². The van der Waals surface area contributed by atoms with Gasteiger partial charge < -0.3 is 9.80 Å². The van der Waals surface area contributed by atoms with Gasteiger partial charge in [0.25, 0.3) is 0 Å². The number of aryl methyl sites for hydroxylation is 4. The minimum atomic E-state index is -0.155. The molecule has 0 spiro atoms. The van der Waals surface area contributed by atoms with E-state index in [1.807, 2.05) is 24.4 Å². The van der Waals surface area contributed by atoms with Crippen LogP contribution in [0.5, 0.6) is 0 Å². The first-order chi connectivity index (χ1) is 37.6. The van der Waals surface area contributed by atoms with Crippen molar-refractivity contribution in [2.75, 3.05) is 40.3 Å². The second-order valence-electron chi connectivity index (χ2n) is 25.5. The van der Waals surface area contributed by atoms with Crippen molar-refractivity contribution < 1.29 is 4.39 Å². The third-order valence-corrected chi connectivity index (χ3v) is 16.5. The largest absolute Gasteiger partial charge is 0.305 e. The zero-order chi connectivity index (χ0) is 58.6. The quantitative estimate of drug-likeness (QED) is 0.102. The maximum atomic E-state index is 12.4. The molecule has 79 heavy (non-hydrogen) atoms. The Labute approximate surface area is 485 Å². The summed E-state index contributed by atoms with van der Waals surface area (Å²) < 4.78 is 12.4. The van der Waals surface area contributed by atoms with Gasteiger partial charge in [-0.1, -0.05) is 224 Å². The summed E-state index contributed by atoms with van der Waals surface area (Å²) in [6.45, 7) is 43.4. The number of pyridine rings is 1. The van der Waals surface area contributed by atoms with Crippen molar-refractivity contribution in [3.63, 3.8) is 0 Å². The lowest BCUT2D eigenvalue weighted by atomic mass is 9.80. The van der Waals surface area contributed by atoms with Gasteiger partial charge in [0.15, 0.2) is 0 Å². The molecule has 6 aromatic rings. The van der Waals surface area contributed by atoms with Crippen molar-refractivity contribution in [1.29, 1.82) is 0 Å². The van der Waals surface area contributed by atoms with Gasteiger partial charge in [0.05, 0.1) is 0 Å². The number of benzene rings is 5. The van der Waals surface area contributed by atoms with Crippen LogP contribution in [0.1, 0.15) is 190 Å². The summed E-state index contributed by atoms with van der Waals surface area (Å²) in [4.78, 5) is 9.32. The highest BCUT2D eigenvalue weighted by atomic mass is 19.1. The molecule has 4 heteroatoms. The highest BCUT2D eigenvalue weighted by molar-refractivity contribution is 5.32. The maximum absolute atomic E-state index is 12.4. The number of nitrogens with zero attached hydrogens (tertiary/aromatic N) is 3. The molecule has 2 fully saturated rings. The van der Waals surface area contributed by atoms with Crippen LogP contribution in [-0.4, -0.2) is 55.1 Å². The van der Waals surface area contributed by atoms with Gasteiger partial charge in [-0.3, -0.25) is 4.98 Å². The van der Waals surface area contributed by atoms with E-state index in [2.05, 4.69) is 262 Å². The molecule has 0 N–H and O–H groups in total. The molecule has 0 bridgehead atoms. The van der Waals surface area contributed by atoms with Crippen molar-refractivity contribution in [3.05, 3.63) is 208 Å². The van der Waals surface area contributed by atoms with Gasteiger partial charge in [0.2, 0.25) is 0 Å². The fourth-order valence-corrected chi connectivity index (χ4v) is 11.8. The molecule has 2 saturated heterocycles. The van der Waals surface area contributed by atoms with Gasteiger partial charge in [-0.25, -0.2) is 4.39 Å². The van der Waals surface area contributed by atoms with Crippen LogP contribution in [0.3, 0.4) is 0 Å². The highest BCUT2D eigenvalue weighted by Gasteiger charge is 2.35. The average molecular weight is 1070 g/mol. The van der Waals surface area contributed by atoms with Crippen molar-refractivity contribution in [2.45, 2.75) is 173 Å². The number of hydrogen-bond donors (Lipinski definition) is 0. The monoisotopic (exact) mass is 1070 g/mol. The van der Waals surface area contributed by atoms with E-state index in [-0.39, 0.29) is 5.82 Å². The maximum Gasteiger partial charge on any atom is 0.123 e. The number of halogens is 1. The Morgan fingerprint density at radius 2 is 0.924 bits per heavy atom. The fraction of sp³-hybridized carbons (Fsp3) is 0.533. The third-order valence-electron chi connectivity index (χ3n) is 16.5. The molecule has 434 valence electrons. The lowest BCUT2D eigenvalue weighted by Gasteiger charge is -2.23. The van der Waals surface area contributed by atoms with Gasteiger partial charge in [-0.05, 0) is 183 Å². The molecule has 6 unspecified atom stereocenters. The second-order valence-corrected chi connectivity index (χ2v) is 25.5. The summed E-state index contributed by atoms with van der Waals surface area (Å²) >= 11 is 0. The number of likely N-dealkylation sites (N-methyl/N-ethyl adjacent to an activating group) is 2. The fourth-order valence-electron chi connectivity index (χ4n) is 11.8. The Kier molecular flexibility index (Phi) is 31.5. The van der Waals surface area contributed by atoms with E-state index in [0.717, 1.165) is 59.7 Å². The molecular formula is C75H112FN3. The molecule has 8 rings (SSSR count). The van der Waals surface area contributed by atoms with Crippen LogP contribution < -0.4 is 0 Å². The first-order valence-electron chi connectivity index (χ1n) is 30.8. The summed E-state index contributed by atoms with van der Waals surface area (Å²) in [5.41, 5.74) is 12.8. The van der Waals surface area contributed by atoms with Crippen LogP contribution in [-0.2, 0) is 12.8 Å². The van der Waals surface area contributed by atoms with E-state index in [1.54, 1.807) is 11.1 Å². The first kappa shape index (κ1) is 68.4. The molecule has 2 aliphatic heterocycles. The summed E-state index contributed by atoms with van der Waals surface area (Å²) in [5.74, 6) is 8.70. The number of rotatable bonds is 15. The number of aromatic nitrogens is 1. The molecule has 3 heterocycles. The molecule has 0 amide bonds. The van der Waals surface area contributed by atoms with Crippen LogP contribution in [0.4, 0.5) is 4.39 Å². The van der Waals surface area contributed by atoms with Crippen LogP contribution in [0.15, 0.2) is 152 Å². The highest BCUT2D eigenvalue weighted by Crippen LogP contribution is 2.39. The molecule has 3 nitrogen and oxygen atoms in total. The Morgan fingerprint density at radius 3 is 1.32 bits per heavy atom. The molecular weight excluding hydrogens is 962 g/mol. The van der Waals surface area contributed by atoms with E-state index in [4.69, 9.17) is 0 Å². The zero-order valence-corrected chi connectivity index (χ0v) is 53.4. The minimum Gasteiger partial charge on any atom is -0.305 e. The molecule has 5 aromatic carbocycles. The first-order valence-corrected chi connectivity index (χ1v) is 30.8. The van der Waals surface area contributed by atoms with E-state index in [1.165, 1.54) is 103 Å². The molecule has 2 aliphatic rings. The van der Waals surface area contributed by atoms with E-state index in [0.29, 0.717) is 17.8 Å². The zero-order valence-electron chi connectivity index (χ0n) is 53.4. The molecule has 0 radical (unpaired) electrons. The average Bonchev–Trinajstić information content (AvgIpc) is 4.05. The predicted octanol–water partition coefficient (Wildman–Crippen LogP) is 20.3. The Balaban J connectivity index is 0.000000251. The van der Waals surface area contributed by atoms with Gasteiger partial charge >= 0.3 is 0 Å². The summed E-state index contributed by atoms with van der Waals surface area (Å²) in [7, 11) is 4.49. The van der Waals surface area contributed by atoms with Crippen molar-refractivity contribution >= 4 is 0 Å². The molecule has 6 atom stereocenters. The van der Waals surface area contributed by atoms with Crippen LogP contribution in [0.2, 0.25) is 0 Å². The lowest BCUT2D eigenvalue weighted by molar-refractivity contribution is 0.344. The van der Waals surface area contributed by atoms with E-state index >= 15 is 0 Å². The normalized spacial score (nSPS) is 17.9. The van der Waals surface area contributed by atoms with Crippen molar-refractivity contribution in [3.8, 4) is 0 Å². The second kappa shape index (κ2) is 36.5. The number of hydrogen-bond acceptors (Lipinski definition) is 3. The molecule has 0 aliphatic carbocycles. The summed E-state index contributed by atoms with van der Waals surface area (Å²) in [6.07, 6.45) is 7.83. The van der Waals surface area contributed by atoms with Crippen LogP contribution >= 0.6 is 0 Å². The SMILES string of the molecule is CC(C)Cc1ccc(F)cc1.CCC(c1ccccc1)C(C)C.CCC(c1ccccn1)C(C)C.Cc1ccc(CCC(C)C)cc1.Cc1ccccc1C1CN(C)CC1C(C)C.Cc1ccccc1C1CN(C)CC1C(C)C. The van der Waals surface area contributed by atoms with Crippen molar-refractivity contribution in [2.24, 2.45) is 47.3 Å². The number of likely N-dealkylation sites (tertiary alicyclic amines) is 2. The van der Waals surface area contributed by atoms with Gasteiger partial charge in [-0.15, -0.1) is 0 Å². The smallest absolute Gasteiger partial charge is 0.123 e. The Morgan fingerprint density at radius 1 is 0.481 bits per heavy atom. The van der Waals surface area contributed by atoms with Crippen LogP contribution in [0.25, 0.3) is 0 Å². The predicted molar refractivity (Wildman–Crippen MR) is 345 cm³/mol. The molecule has 0 saturated carbocycles. The van der Waals surface area contributed by atoms with Gasteiger partial charge in [0.1, 0.15) is 5.82 Å². The third kappa shape index (κ3) is 24.8. The Hall–Kier alpha value is -4.90. The lowest BCUT2D eigenvalue weighted by Crippen LogP contribution is -2.18. The summed E-state index contributed by atoms with van der Waals surface area (Å²) in [6, 6.07) is 50.2. The Bertz CT molecular complexity index is 2350.